The lowest BCUT2D eigenvalue weighted by Crippen LogP contribution is -2.50. The van der Waals surface area contributed by atoms with E-state index in [1.807, 2.05) is 0 Å². The van der Waals surface area contributed by atoms with Gasteiger partial charge in [-0.1, -0.05) is 0 Å². The van der Waals surface area contributed by atoms with Crippen molar-refractivity contribution in [2.75, 3.05) is 5.73 Å². The minimum atomic E-state index is -2.46. The zero-order valence-electron chi connectivity index (χ0n) is 25.1. The van der Waals surface area contributed by atoms with Crippen molar-refractivity contribution < 1.29 is 53.0 Å². The molecule has 0 bridgehead atoms. The van der Waals surface area contributed by atoms with Crippen molar-refractivity contribution in [3.63, 3.8) is 0 Å². The van der Waals surface area contributed by atoms with Crippen LogP contribution in [0.5, 0.6) is 5.75 Å². The van der Waals surface area contributed by atoms with Gasteiger partial charge in [0.25, 0.3) is 0 Å². The SMILES string of the molecule is Cc1cc(F)c(F)cc1C(=N)/N=C1/c2cc(F)c(F)cc2C2=Nc3c4cc(F)c(F)cc4c(N)n3B(C=COc3c(F)c(F)c(F)c(F)c3F)N21. The van der Waals surface area contributed by atoms with E-state index in [1.165, 1.54) is 6.92 Å². The molecular formula is C32H14BF11N6O. The number of aryl methyl sites for hydroxylation is 1. The molecule has 0 saturated heterocycles. The fraction of sp³-hybridized carbons (Fsp3) is 0.0312. The smallest absolute Gasteiger partial charge is 0.420 e. The summed E-state index contributed by atoms with van der Waals surface area (Å²) in [4.78, 5) is 9.68. The first-order valence-corrected chi connectivity index (χ1v) is 14.2. The van der Waals surface area contributed by atoms with E-state index >= 15 is 0 Å². The lowest BCUT2D eigenvalue weighted by atomic mass is 9.72. The number of aliphatic imine (C=N–C) groups is 2. The molecule has 7 nitrogen and oxygen atoms in total. The van der Waals surface area contributed by atoms with Gasteiger partial charge in [0.15, 0.2) is 40.7 Å². The average molecular weight is 718 g/mol. The van der Waals surface area contributed by atoms with Crippen LogP contribution in [0.2, 0.25) is 0 Å². The molecule has 0 spiro atoms. The standard InChI is InChI=1S/C32H14BF11N6O/c1-10-4-16(34)17(35)5-11(10)28(45)47-30-14-8-20(38)21(39)9-15(14)32-48-31-13-7-19(37)18(36)6-12(13)29(46)49(31)33(50(30)32)2-3-51-27-25(43)23(41)22(40)24(42)26(27)44/h2-9,45H,46H2,1H3/b3-2?,45-28?,47-30-. The summed E-state index contributed by atoms with van der Waals surface area (Å²) in [5.41, 5.74) is 5.72. The Morgan fingerprint density at radius 3 is 1.92 bits per heavy atom. The third-order valence-corrected chi connectivity index (χ3v) is 8.15. The number of nitrogens with zero attached hydrogens (tertiary/aromatic N) is 4. The number of aromatic nitrogens is 1. The van der Waals surface area contributed by atoms with Gasteiger partial charge in [-0.3, -0.25) is 5.41 Å². The molecule has 2 aliphatic rings. The summed E-state index contributed by atoms with van der Waals surface area (Å²) in [7, 11) is 0. The minimum absolute atomic E-state index is 0.0409. The number of amidine groups is 3. The molecule has 4 aromatic carbocycles. The summed E-state index contributed by atoms with van der Waals surface area (Å²) in [5.74, 6) is -22.7. The fourth-order valence-corrected chi connectivity index (χ4v) is 5.78. The first-order valence-electron chi connectivity index (χ1n) is 14.2. The number of rotatable bonds is 4. The predicted molar refractivity (Wildman–Crippen MR) is 162 cm³/mol. The second-order valence-corrected chi connectivity index (χ2v) is 11.1. The molecule has 19 heteroatoms. The zero-order valence-corrected chi connectivity index (χ0v) is 25.1. The maximum Gasteiger partial charge on any atom is 0.420 e. The van der Waals surface area contributed by atoms with Crippen LogP contribution in [0, 0.1) is 76.3 Å². The largest absolute Gasteiger partial charge is 0.460 e. The molecule has 1 aromatic heterocycles. The number of anilines is 1. The highest BCUT2D eigenvalue weighted by Gasteiger charge is 2.45. The highest BCUT2D eigenvalue weighted by molar-refractivity contribution is 6.70. The Labute approximate surface area is 278 Å². The molecule has 0 saturated carbocycles. The summed E-state index contributed by atoms with van der Waals surface area (Å²) in [5, 5.41) is 8.40. The average Bonchev–Trinajstić information content (AvgIpc) is 3.52. The highest BCUT2D eigenvalue weighted by atomic mass is 19.2. The molecule has 3 N–H and O–H groups in total. The van der Waals surface area contributed by atoms with Gasteiger partial charge in [-0.05, 0) is 54.9 Å². The third-order valence-electron chi connectivity index (χ3n) is 8.15. The van der Waals surface area contributed by atoms with Crippen molar-refractivity contribution in [2.24, 2.45) is 9.98 Å². The number of hydrogen-bond donors (Lipinski definition) is 2. The van der Waals surface area contributed by atoms with Crippen LogP contribution in [-0.2, 0) is 0 Å². The van der Waals surface area contributed by atoms with Gasteiger partial charge in [-0.15, -0.1) is 0 Å². The first kappa shape index (κ1) is 33.4. The lowest BCUT2D eigenvalue weighted by Gasteiger charge is -2.31. The zero-order chi connectivity index (χ0) is 36.8. The van der Waals surface area contributed by atoms with Gasteiger partial charge in [-0.25, -0.2) is 49.5 Å². The molecule has 0 radical (unpaired) electrons. The van der Waals surface area contributed by atoms with E-state index in [2.05, 4.69) is 9.98 Å². The fourth-order valence-electron chi connectivity index (χ4n) is 5.78. The summed E-state index contributed by atoms with van der Waals surface area (Å²) in [6.45, 7) is -0.278. The Kier molecular flexibility index (Phi) is 7.68. The van der Waals surface area contributed by atoms with Crippen LogP contribution in [0.4, 0.5) is 59.9 Å². The number of nitrogens with two attached hydrogens (primary N) is 1. The van der Waals surface area contributed by atoms with Crippen LogP contribution in [0.3, 0.4) is 0 Å². The second kappa shape index (κ2) is 11.7. The third kappa shape index (κ3) is 5.01. The van der Waals surface area contributed by atoms with Gasteiger partial charge in [0.2, 0.25) is 34.8 Å². The van der Waals surface area contributed by atoms with Gasteiger partial charge in [-0.2, -0.15) is 8.78 Å². The van der Waals surface area contributed by atoms with Crippen molar-refractivity contribution in [1.29, 1.82) is 5.41 Å². The molecule has 51 heavy (non-hydrogen) atoms. The van der Waals surface area contributed by atoms with Crippen LogP contribution >= 0.6 is 0 Å². The number of ether oxygens (including phenoxy) is 1. The van der Waals surface area contributed by atoms with Gasteiger partial charge in [0.05, 0.1) is 6.26 Å². The van der Waals surface area contributed by atoms with E-state index in [0.29, 0.717) is 24.5 Å². The van der Waals surface area contributed by atoms with Crippen molar-refractivity contribution in [1.82, 2.24) is 9.29 Å². The molecule has 2 aliphatic heterocycles. The second-order valence-electron chi connectivity index (χ2n) is 11.1. The molecule has 0 fully saturated rings. The minimum Gasteiger partial charge on any atom is -0.460 e. The van der Waals surface area contributed by atoms with Crippen LogP contribution < -0.4 is 10.5 Å². The summed E-state index contributed by atoms with van der Waals surface area (Å²) in [6, 6.07) is 4.27. The number of nitrogen functional groups attached to an aromatic ring is 1. The van der Waals surface area contributed by atoms with E-state index in [0.717, 1.165) is 33.5 Å². The van der Waals surface area contributed by atoms with Crippen LogP contribution in [0.1, 0.15) is 22.3 Å². The monoisotopic (exact) mass is 718 g/mol. The molecule has 0 amide bonds. The lowest BCUT2D eigenvalue weighted by molar-refractivity contribution is 0.331. The summed E-state index contributed by atoms with van der Waals surface area (Å²) >= 11 is 0. The topological polar surface area (TPSA) is 92.0 Å². The van der Waals surface area contributed by atoms with Crippen LogP contribution in [0.15, 0.2) is 58.6 Å². The molecule has 0 unspecified atom stereocenters. The number of nitrogens with one attached hydrogen (secondary N) is 1. The van der Waals surface area contributed by atoms with Crippen LogP contribution in [0.25, 0.3) is 10.8 Å². The Morgan fingerprint density at radius 2 is 1.27 bits per heavy atom. The quantitative estimate of drug-likeness (QED) is 0.0380. The summed E-state index contributed by atoms with van der Waals surface area (Å²) < 4.78 is 163. The molecule has 7 rings (SSSR count). The maximum atomic E-state index is 14.7. The molecular weight excluding hydrogens is 704 g/mol. The van der Waals surface area contributed by atoms with Crippen molar-refractivity contribution >= 4 is 46.9 Å². The van der Waals surface area contributed by atoms with Gasteiger partial charge < -0.3 is 19.8 Å². The Hall–Kier alpha value is -6.14. The van der Waals surface area contributed by atoms with E-state index in [1.54, 1.807) is 0 Å². The Morgan fingerprint density at radius 1 is 0.745 bits per heavy atom. The Balaban J connectivity index is 1.47. The van der Waals surface area contributed by atoms with Crippen molar-refractivity contribution in [2.45, 2.75) is 6.92 Å². The Bertz CT molecular complexity index is 2470. The van der Waals surface area contributed by atoms with Gasteiger partial charge in [0, 0.05) is 27.5 Å². The van der Waals surface area contributed by atoms with Gasteiger partial charge in [0.1, 0.15) is 23.3 Å². The molecule has 258 valence electrons. The molecule has 0 atom stereocenters. The van der Waals surface area contributed by atoms with Crippen molar-refractivity contribution in [3.8, 4) is 5.75 Å². The highest BCUT2D eigenvalue weighted by Crippen LogP contribution is 2.42. The molecule has 3 heterocycles. The summed E-state index contributed by atoms with van der Waals surface area (Å²) in [6.07, 6.45) is 0.466. The van der Waals surface area contributed by atoms with Gasteiger partial charge >= 0.3 is 6.98 Å². The molecule has 5 aromatic rings. The number of halogens is 11. The molecule has 0 aliphatic carbocycles. The van der Waals surface area contributed by atoms with E-state index in [4.69, 9.17) is 15.9 Å². The van der Waals surface area contributed by atoms with E-state index in [9.17, 15) is 48.3 Å². The number of hydrogen-bond acceptors (Lipinski definition) is 4. The van der Waals surface area contributed by atoms with Crippen molar-refractivity contribution in [3.05, 3.63) is 135 Å². The number of benzene rings is 4. The first-order chi connectivity index (χ1) is 24.1. The maximum absolute atomic E-state index is 14.7. The predicted octanol–water partition coefficient (Wildman–Crippen LogP) is 7.71. The van der Waals surface area contributed by atoms with E-state index < -0.39 is 88.4 Å². The van der Waals surface area contributed by atoms with E-state index in [-0.39, 0.29) is 50.5 Å². The number of fused-ring (bicyclic) bond motifs is 6. The van der Waals surface area contributed by atoms with Crippen LogP contribution in [-0.4, -0.2) is 33.8 Å². The normalized spacial score (nSPS) is 14.4.